The molecule has 7 N–H and O–H groups in total. The summed E-state index contributed by atoms with van der Waals surface area (Å²) in [6, 6.07) is 31.0. The first-order chi connectivity index (χ1) is 42.1. The SMILES string of the molecule is CP=S.[C-]#[N+]c1ccc(NC(=CC)c2nnc(-c3ccc(F)cc3)o2)c2ccsc12.[C-]#[N+]c1ccc(N[C@@H](C(=O)NNC(=O)c2ccc(F)cc2)[C@H](C)O)c2ccsc12.[C-]#[N+]c1ccc(N[C@@H](c2nnc(-c3ccc(F)cc3)o2)[C@H](C)O)c2ccsc12. The Kier molecular flexibility index (Phi) is 21.7. The van der Waals surface area contributed by atoms with E-state index in [-0.39, 0.29) is 29.0 Å². The lowest BCUT2D eigenvalue weighted by Crippen LogP contribution is -2.52. The van der Waals surface area contributed by atoms with Crippen LogP contribution >= 0.6 is 41.4 Å². The minimum atomic E-state index is -1.08. The first kappa shape index (κ1) is 63.3. The van der Waals surface area contributed by atoms with E-state index in [9.17, 15) is 33.0 Å². The maximum absolute atomic E-state index is 13.1. The number of aliphatic hydroxyl groups excluding tert-OH is 2. The summed E-state index contributed by atoms with van der Waals surface area (Å²) in [7, 11) is 1.00. The number of fused-ring (bicyclic) bond motifs is 3. The molecule has 5 heterocycles. The molecule has 4 atom stereocenters. The molecule has 438 valence electrons. The molecule has 0 radical (unpaired) electrons. The molecule has 0 fully saturated rings. The third-order valence-corrected chi connectivity index (χ3v) is 15.3. The van der Waals surface area contributed by atoms with Gasteiger partial charge in [-0.3, -0.25) is 20.4 Å². The number of carbonyl (C=O) groups is 2. The van der Waals surface area contributed by atoms with Gasteiger partial charge in [-0.05, 0) is 160 Å². The van der Waals surface area contributed by atoms with E-state index in [2.05, 4.69) is 73.5 Å². The van der Waals surface area contributed by atoms with Gasteiger partial charge >= 0.3 is 0 Å². The van der Waals surface area contributed by atoms with Crippen LogP contribution in [-0.4, -0.2) is 67.3 Å². The smallest absolute Gasteiger partial charge is 0.269 e. The molecular weight excluding hydrogens is 1210 g/mol. The zero-order chi connectivity index (χ0) is 62.1. The molecule has 2 amide bonds. The molecule has 26 heteroatoms. The second-order valence-corrected chi connectivity index (χ2v) is 22.5. The molecule has 0 aliphatic rings. The number of hydrazine groups is 1. The third-order valence-electron chi connectivity index (χ3n) is 12.5. The number of carbonyl (C=O) groups excluding carboxylic acids is 2. The van der Waals surface area contributed by atoms with Crippen molar-refractivity contribution in [2.45, 2.75) is 45.1 Å². The Labute approximate surface area is 514 Å². The zero-order valence-corrected chi connectivity index (χ0v) is 50.3. The summed E-state index contributed by atoms with van der Waals surface area (Å²) in [4.78, 5) is 35.2. The van der Waals surface area contributed by atoms with Crippen LogP contribution in [0.4, 0.5) is 47.3 Å². The van der Waals surface area contributed by atoms with Gasteiger partial charge in [-0.2, -0.15) is 34.0 Å². The molecule has 18 nitrogen and oxygen atoms in total. The number of hydrogen-bond acceptors (Lipinski definition) is 17. The minimum absolute atomic E-state index is 0.169. The van der Waals surface area contributed by atoms with Gasteiger partial charge in [-0.15, -0.1) is 20.4 Å². The average Bonchev–Trinajstić information content (AvgIpc) is 2.78. The van der Waals surface area contributed by atoms with Crippen LogP contribution in [0.3, 0.4) is 0 Å². The molecule has 11 aromatic rings. The summed E-state index contributed by atoms with van der Waals surface area (Å²) >= 11 is 8.79. The van der Waals surface area contributed by atoms with E-state index < -0.39 is 41.9 Å². The van der Waals surface area contributed by atoms with Crippen molar-refractivity contribution < 1.29 is 41.8 Å². The van der Waals surface area contributed by atoms with Crippen molar-refractivity contribution in [3.8, 4) is 22.9 Å². The molecule has 87 heavy (non-hydrogen) atoms. The van der Waals surface area contributed by atoms with Crippen LogP contribution < -0.4 is 26.8 Å². The first-order valence-corrected chi connectivity index (χ1v) is 30.8. The number of anilines is 3. The van der Waals surface area contributed by atoms with Gasteiger partial charge < -0.3 is 35.0 Å². The van der Waals surface area contributed by atoms with E-state index in [1.54, 1.807) is 61.5 Å². The number of hydrogen-bond donors (Lipinski definition) is 7. The van der Waals surface area contributed by atoms with Crippen molar-refractivity contribution in [1.82, 2.24) is 31.2 Å². The Balaban J connectivity index is 0.000000165. The number of thiophene rings is 3. The van der Waals surface area contributed by atoms with E-state index in [0.29, 0.717) is 51.4 Å². The fraction of sp³-hybridized carbons (Fsp3) is 0.131. The molecule has 0 bridgehead atoms. The largest absolute Gasteiger partial charge is 0.418 e. The van der Waals surface area contributed by atoms with Gasteiger partial charge in [-0.25, -0.2) is 27.7 Å². The number of benzene rings is 6. The molecule has 0 saturated carbocycles. The van der Waals surface area contributed by atoms with Crippen LogP contribution in [0.2, 0.25) is 0 Å². The summed E-state index contributed by atoms with van der Waals surface area (Å²) in [5.41, 5.74) is 10.5. The summed E-state index contributed by atoms with van der Waals surface area (Å²) in [6.07, 6.45) is -0.0640. The van der Waals surface area contributed by atoms with Gasteiger partial charge in [0.15, 0.2) is 0 Å². The molecule has 0 saturated heterocycles. The lowest BCUT2D eigenvalue weighted by Gasteiger charge is -2.22. The Morgan fingerprint density at radius 1 is 0.598 bits per heavy atom. The molecule has 0 aliphatic carbocycles. The fourth-order valence-corrected chi connectivity index (χ4v) is 10.9. The highest BCUT2D eigenvalue weighted by atomic mass is 32.4. The minimum Gasteiger partial charge on any atom is -0.418 e. The normalized spacial score (nSPS) is 12.3. The molecular formula is C61H48F3N12O6PS4. The molecule has 0 spiro atoms. The van der Waals surface area contributed by atoms with E-state index >= 15 is 0 Å². The predicted molar refractivity (Wildman–Crippen MR) is 340 cm³/mol. The summed E-state index contributed by atoms with van der Waals surface area (Å²) in [6.45, 7) is 28.7. The molecule has 6 aromatic carbocycles. The van der Waals surface area contributed by atoms with Gasteiger partial charge in [0.2, 0.25) is 34.7 Å². The third kappa shape index (κ3) is 15.6. The number of allylic oxidation sites excluding steroid dienone is 1. The number of aliphatic hydroxyl groups is 2. The Morgan fingerprint density at radius 3 is 1.49 bits per heavy atom. The Morgan fingerprint density at radius 2 is 1.03 bits per heavy atom. The summed E-state index contributed by atoms with van der Waals surface area (Å²) in [5, 5.41) is 54.4. The molecule has 0 aliphatic heterocycles. The molecule has 5 aromatic heterocycles. The standard InChI is InChI=1S/C20H17FN4O3S.C20H15FN4O2S.C20H13FN4OS.CH3PS/c1-11(26)17(20(28)25-24-19(27)12-3-5-13(21)6-4-12)23-15-7-8-16(22-2)18-14(15)9-10-29-18;1-11(26)17(20-25-24-19(27-20)12-3-5-13(21)6-4-12)23-15-7-8-16(22-2)18-14(15)9-10-28-18;1-3-15(20-25-24-19(26-20)12-4-6-13(21)7-5-12)23-16-8-9-17(22-2)18-14(16)10-11-27-18;1-2-3/h3-11,17,23,26H,1H3,(H,24,27)(H,25,28);3-11,17,23,26H,1H3;3-11,23H,1H3;1H3/t2*11-,17+;;/m00../s1. The number of halogens is 3. The van der Waals surface area contributed by atoms with Gasteiger partial charge in [0, 0.05) is 64.0 Å². The van der Waals surface area contributed by atoms with Crippen molar-refractivity contribution in [1.29, 1.82) is 0 Å². The van der Waals surface area contributed by atoms with Crippen LogP contribution in [0, 0.1) is 37.2 Å². The van der Waals surface area contributed by atoms with E-state index in [1.807, 2.05) is 60.1 Å². The van der Waals surface area contributed by atoms with Gasteiger partial charge in [0.25, 0.3) is 17.7 Å². The molecule has 0 unspecified atom stereocenters. The van der Waals surface area contributed by atoms with Gasteiger partial charge in [0.05, 0.1) is 37.6 Å². The number of nitrogens with one attached hydrogen (secondary N) is 5. The zero-order valence-electron chi connectivity index (χ0n) is 46.1. The van der Waals surface area contributed by atoms with Crippen molar-refractivity contribution in [3.05, 3.63) is 219 Å². The second kappa shape index (κ2) is 29.9. The lowest BCUT2D eigenvalue weighted by atomic mass is 10.1. The monoisotopic (exact) mass is 1260 g/mol. The topological polar surface area (TPSA) is 226 Å². The lowest BCUT2D eigenvalue weighted by molar-refractivity contribution is -0.124. The maximum atomic E-state index is 13.1. The van der Waals surface area contributed by atoms with Crippen molar-refractivity contribution in [3.63, 3.8) is 0 Å². The van der Waals surface area contributed by atoms with Crippen LogP contribution in [0.1, 0.15) is 49.0 Å². The van der Waals surface area contributed by atoms with Crippen LogP contribution in [0.5, 0.6) is 0 Å². The van der Waals surface area contributed by atoms with Crippen molar-refractivity contribution >= 4 is 135 Å². The fourth-order valence-electron chi connectivity index (χ4n) is 8.27. The first-order valence-electron chi connectivity index (χ1n) is 25.8. The van der Waals surface area contributed by atoms with Crippen LogP contribution in [-0.2, 0) is 16.6 Å². The maximum Gasteiger partial charge on any atom is 0.269 e. The van der Waals surface area contributed by atoms with E-state index in [4.69, 9.17) is 28.6 Å². The van der Waals surface area contributed by atoms with E-state index in [0.717, 1.165) is 61.1 Å². The predicted octanol–water partition coefficient (Wildman–Crippen LogP) is 15.5. The summed E-state index contributed by atoms with van der Waals surface area (Å²) < 4.78 is 53.2. The second-order valence-electron chi connectivity index (χ2n) is 18.3. The van der Waals surface area contributed by atoms with Crippen molar-refractivity contribution in [2.75, 3.05) is 22.6 Å². The highest BCUT2D eigenvalue weighted by Gasteiger charge is 2.27. The quantitative estimate of drug-likeness (QED) is 0.0306. The number of nitrogens with zero attached hydrogens (tertiary/aromatic N) is 7. The summed E-state index contributed by atoms with van der Waals surface area (Å²) in [5.74, 6) is -1.33. The highest BCUT2D eigenvalue weighted by molar-refractivity contribution is 7.96. The Bertz CT molecular complexity index is 4380. The van der Waals surface area contributed by atoms with Crippen LogP contribution in [0.25, 0.3) is 73.4 Å². The van der Waals surface area contributed by atoms with Crippen LogP contribution in [0.15, 0.2) is 158 Å². The Hall–Kier alpha value is -9.74. The van der Waals surface area contributed by atoms with E-state index in [1.165, 1.54) is 77.3 Å². The molecule has 11 rings (SSSR count). The highest BCUT2D eigenvalue weighted by Crippen LogP contribution is 2.40. The average molecular weight is 1260 g/mol. The number of aromatic nitrogens is 4. The van der Waals surface area contributed by atoms with Gasteiger partial charge in [-0.1, -0.05) is 36.1 Å². The van der Waals surface area contributed by atoms with Gasteiger partial charge in [0.1, 0.15) is 29.5 Å². The number of rotatable bonds is 14. The van der Waals surface area contributed by atoms with Crippen molar-refractivity contribution in [2.24, 2.45) is 0 Å². The number of amides is 2.